The Labute approximate surface area is 107 Å². The van der Waals surface area contributed by atoms with Gasteiger partial charge in [0.25, 0.3) is 0 Å². The quantitative estimate of drug-likeness (QED) is 0.809. The first-order valence-corrected chi connectivity index (χ1v) is 6.02. The van der Waals surface area contributed by atoms with Crippen molar-refractivity contribution in [1.82, 2.24) is 5.32 Å². The number of rotatable bonds is 6. The normalized spacial score (nSPS) is 11.9. The highest BCUT2D eigenvalue weighted by Crippen LogP contribution is 2.12. The van der Waals surface area contributed by atoms with Crippen LogP contribution < -0.4 is 5.32 Å². The van der Waals surface area contributed by atoms with Crippen molar-refractivity contribution in [1.29, 1.82) is 0 Å². The molecule has 98 valence electrons. The van der Waals surface area contributed by atoms with Crippen LogP contribution in [0.3, 0.4) is 0 Å². The SMILES string of the molecule is CC(=O)NC(CCC(=O)O)Cc1ccccc1C. The zero-order valence-corrected chi connectivity index (χ0v) is 10.8. The van der Waals surface area contributed by atoms with E-state index >= 15 is 0 Å². The smallest absolute Gasteiger partial charge is 0.303 e. The lowest BCUT2D eigenvalue weighted by Gasteiger charge is -2.18. The first-order valence-electron chi connectivity index (χ1n) is 6.02. The largest absolute Gasteiger partial charge is 0.481 e. The Morgan fingerprint density at radius 2 is 2.00 bits per heavy atom. The molecule has 1 atom stereocenters. The number of hydrogen-bond donors (Lipinski definition) is 2. The summed E-state index contributed by atoms with van der Waals surface area (Å²) in [5.41, 5.74) is 2.30. The lowest BCUT2D eigenvalue weighted by atomic mass is 9.98. The average molecular weight is 249 g/mol. The third kappa shape index (κ3) is 4.99. The molecule has 4 nitrogen and oxygen atoms in total. The van der Waals surface area contributed by atoms with Crippen molar-refractivity contribution in [3.8, 4) is 0 Å². The van der Waals surface area contributed by atoms with Crippen molar-refractivity contribution in [3.63, 3.8) is 0 Å². The van der Waals surface area contributed by atoms with Gasteiger partial charge in [-0.1, -0.05) is 24.3 Å². The maximum Gasteiger partial charge on any atom is 0.303 e. The standard InChI is InChI=1S/C14H19NO3/c1-10-5-3-4-6-12(10)9-13(15-11(2)16)7-8-14(17)18/h3-6,13H,7-9H2,1-2H3,(H,15,16)(H,17,18). The second-order valence-electron chi connectivity index (χ2n) is 4.46. The van der Waals surface area contributed by atoms with Crippen LogP contribution in [-0.4, -0.2) is 23.0 Å². The van der Waals surface area contributed by atoms with Gasteiger partial charge in [0.15, 0.2) is 0 Å². The highest BCUT2D eigenvalue weighted by molar-refractivity contribution is 5.73. The van der Waals surface area contributed by atoms with Crippen LogP contribution in [0.15, 0.2) is 24.3 Å². The number of carbonyl (C=O) groups excluding carboxylic acids is 1. The zero-order valence-electron chi connectivity index (χ0n) is 10.8. The van der Waals surface area contributed by atoms with E-state index < -0.39 is 5.97 Å². The minimum absolute atomic E-state index is 0.0663. The predicted octanol–water partition coefficient (Wildman–Crippen LogP) is 1.91. The fourth-order valence-corrected chi connectivity index (χ4v) is 1.91. The summed E-state index contributed by atoms with van der Waals surface area (Å²) in [6, 6.07) is 7.80. The topological polar surface area (TPSA) is 66.4 Å². The number of carboxylic acids is 1. The van der Waals surface area contributed by atoms with Crippen LogP contribution >= 0.6 is 0 Å². The summed E-state index contributed by atoms with van der Waals surface area (Å²) in [6.07, 6.45) is 1.18. The number of amides is 1. The van der Waals surface area contributed by atoms with Crippen LogP contribution in [0.25, 0.3) is 0 Å². The molecule has 0 aliphatic heterocycles. The van der Waals surface area contributed by atoms with Gasteiger partial charge >= 0.3 is 5.97 Å². The summed E-state index contributed by atoms with van der Waals surface area (Å²) in [5.74, 6) is -0.964. The van der Waals surface area contributed by atoms with Crippen molar-refractivity contribution in [2.45, 2.75) is 39.2 Å². The van der Waals surface area contributed by atoms with Crippen LogP contribution in [-0.2, 0) is 16.0 Å². The summed E-state index contributed by atoms with van der Waals surface area (Å²) in [6.45, 7) is 3.46. The van der Waals surface area contributed by atoms with Gasteiger partial charge in [0.1, 0.15) is 0 Å². The van der Waals surface area contributed by atoms with Crippen molar-refractivity contribution in [3.05, 3.63) is 35.4 Å². The fourth-order valence-electron chi connectivity index (χ4n) is 1.91. The molecule has 0 aromatic heterocycles. The molecule has 0 aliphatic rings. The van der Waals surface area contributed by atoms with E-state index in [4.69, 9.17) is 5.11 Å². The van der Waals surface area contributed by atoms with Gasteiger partial charge in [0, 0.05) is 19.4 Å². The molecule has 1 amide bonds. The third-order valence-corrected chi connectivity index (χ3v) is 2.84. The number of carboxylic acid groups (broad SMARTS) is 1. The summed E-state index contributed by atoms with van der Waals surface area (Å²) in [4.78, 5) is 21.7. The van der Waals surface area contributed by atoms with Crippen molar-refractivity contribution >= 4 is 11.9 Å². The van der Waals surface area contributed by atoms with E-state index in [2.05, 4.69) is 5.32 Å². The van der Waals surface area contributed by atoms with E-state index in [0.29, 0.717) is 12.8 Å². The number of nitrogens with one attached hydrogen (secondary N) is 1. The first-order chi connectivity index (χ1) is 8.49. The molecule has 0 saturated heterocycles. The third-order valence-electron chi connectivity index (χ3n) is 2.84. The van der Waals surface area contributed by atoms with E-state index in [1.807, 2.05) is 31.2 Å². The molecule has 0 spiro atoms. The molecular weight excluding hydrogens is 230 g/mol. The molecule has 0 bridgehead atoms. The van der Waals surface area contributed by atoms with Gasteiger partial charge in [-0.05, 0) is 30.9 Å². The Bertz CT molecular complexity index is 429. The van der Waals surface area contributed by atoms with Crippen LogP contribution in [0.5, 0.6) is 0 Å². The zero-order chi connectivity index (χ0) is 13.5. The van der Waals surface area contributed by atoms with E-state index in [-0.39, 0.29) is 18.4 Å². The highest BCUT2D eigenvalue weighted by atomic mass is 16.4. The maximum atomic E-state index is 11.1. The summed E-state index contributed by atoms with van der Waals surface area (Å²) in [5, 5.41) is 11.5. The molecule has 0 heterocycles. The second-order valence-corrected chi connectivity index (χ2v) is 4.46. The first kappa shape index (κ1) is 14.2. The minimum Gasteiger partial charge on any atom is -0.481 e. The Morgan fingerprint density at radius 1 is 1.33 bits per heavy atom. The van der Waals surface area contributed by atoms with Gasteiger partial charge in [-0.15, -0.1) is 0 Å². The summed E-state index contributed by atoms with van der Waals surface area (Å²) >= 11 is 0. The van der Waals surface area contributed by atoms with E-state index in [1.54, 1.807) is 0 Å². The monoisotopic (exact) mass is 249 g/mol. The van der Waals surface area contributed by atoms with E-state index in [9.17, 15) is 9.59 Å². The average Bonchev–Trinajstić information content (AvgIpc) is 2.28. The van der Waals surface area contributed by atoms with Gasteiger partial charge < -0.3 is 10.4 Å². The lowest BCUT2D eigenvalue weighted by Crippen LogP contribution is -2.35. The number of carbonyl (C=O) groups is 2. The lowest BCUT2D eigenvalue weighted by molar-refractivity contribution is -0.137. The molecular formula is C14H19NO3. The molecule has 1 rings (SSSR count). The Kier molecular flexibility index (Phi) is 5.36. The molecule has 4 heteroatoms. The highest BCUT2D eigenvalue weighted by Gasteiger charge is 2.13. The van der Waals surface area contributed by atoms with Gasteiger partial charge in [-0.25, -0.2) is 0 Å². The number of aliphatic carboxylic acids is 1. The fraction of sp³-hybridized carbons (Fsp3) is 0.429. The summed E-state index contributed by atoms with van der Waals surface area (Å²) < 4.78 is 0. The maximum absolute atomic E-state index is 11.1. The molecule has 0 radical (unpaired) electrons. The van der Waals surface area contributed by atoms with Crippen LogP contribution in [0.1, 0.15) is 30.9 Å². The molecule has 18 heavy (non-hydrogen) atoms. The molecule has 1 unspecified atom stereocenters. The molecule has 1 aromatic rings. The number of benzene rings is 1. The Balaban J connectivity index is 2.68. The van der Waals surface area contributed by atoms with Crippen molar-refractivity contribution in [2.75, 3.05) is 0 Å². The van der Waals surface area contributed by atoms with Crippen LogP contribution in [0.4, 0.5) is 0 Å². The molecule has 0 fully saturated rings. The number of aryl methyl sites for hydroxylation is 1. The van der Waals surface area contributed by atoms with E-state index in [0.717, 1.165) is 11.1 Å². The number of hydrogen-bond acceptors (Lipinski definition) is 2. The Hall–Kier alpha value is -1.84. The van der Waals surface area contributed by atoms with Crippen LogP contribution in [0, 0.1) is 6.92 Å². The predicted molar refractivity (Wildman–Crippen MR) is 69.4 cm³/mol. The van der Waals surface area contributed by atoms with E-state index in [1.165, 1.54) is 6.92 Å². The van der Waals surface area contributed by atoms with Crippen molar-refractivity contribution in [2.24, 2.45) is 0 Å². The minimum atomic E-state index is -0.838. The molecule has 1 aromatic carbocycles. The second kappa shape index (κ2) is 6.79. The van der Waals surface area contributed by atoms with Crippen molar-refractivity contribution < 1.29 is 14.7 Å². The van der Waals surface area contributed by atoms with Gasteiger partial charge in [-0.2, -0.15) is 0 Å². The van der Waals surface area contributed by atoms with Gasteiger partial charge in [-0.3, -0.25) is 9.59 Å². The van der Waals surface area contributed by atoms with Gasteiger partial charge in [0.05, 0.1) is 0 Å². The van der Waals surface area contributed by atoms with Gasteiger partial charge in [0.2, 0.25) is 5.91 Å². The summed E-state index contributed by atoms with van der Waals surface area (Å²) in [7, 11) is 0. The molecule has 0 aliphatic carbocycles. The molecule has 2 N–H and O–H groups in total. The molecule has 0 saturated carbocycles. The van der Waals surface area contributed by atoms with Crippen LogP contribution in [0.2, 0.25) is 0 Å². The Morgan fingerprint density at radius 3 is 2.56 bits per heavy atom.